The number of hydrogen-bond donors (Lipinski definition) is 0. The Morgan fingerprint density at radius 3 is 3.00 bits per heavy atom. The Bertz CT molecular complexity index is 750. The fourth-order valence-electron chi connectivity index (χ4n) is 2.68. The lowest BCUT2D eigenvalue weighted by Crippen LogP contribution is -1.97. The van der Waals surface area contributed by atoms with Crippen LogP contribution in [0.25, 0.3) is 6.08 Å². The zero-order valence-corrected chi connectivity index (χ0v) is 14.0. The average molecular weight is 323 g/mol. The van der Waals surface area contributed by atoms with Crippen LogP contribution < -0.4 is 9.47 Å². The first-order chi connectivity index (χ1) is 11.6. The highest BCUT2D eigenvalue weighted by molar-refractivity contribution is 5.76. The van der Waals surface area contributed by atoms with Crippen molar-refractivity contribution in [3.8, 4) is 17.4 Å². The number of carbonyl (C=O) groups excluding carboxylic acids is 1. The minimum absolute atomic E-state index is 0.201. The lowest BCUT2D eigenvalue weighted by Gasteiger charge is -2.07. The maximum Gasteiger partial charge on any atom is 0.219 e. The summed E-state index contributed by atoms with van der Waals surface area (Å²) in [6.45, 7) is 4.38. The van der Waals surface area contributed by atoms with E-state index in [2.05, 4.69) is 4.98 Å². The first kappa shape index (κ1) is 16.2. The molecule has 0 unspecified atom stereocenters. The number of fused-ring (bicyclic) bond motifs is 1. The molecule has 2 heterocycles. The third kappa shape index (κ3) is 4.22. The van der Waals surface area contributed by atoms with Crippen LogP contribution in [0.2, 0.25) is 0 Å². The Kier molecular flexibility index (Phi) is 4.94. The van der Waals surface area contributed by atoms with E-state index in [1.54, 1.807) is 13.1 Å². The summed E-state index contributed by atoms with van der Waals surface area (Å²) in [5.74, 6) is 2.59. The molecule has 0 saturated heterocycles. The van der Waals surface area contributed by atoms with Gasteiger partial charge in [0.05, 0.1) is 6.61 Å². The van der Waals surface area contributed by atoms with Gasteiger partial charge in [0.2, 0.25) is 5.88 Å². The van der Waals surface area contributed by atoms with E-state index in [-0.39, 0.29) is 11.7 Å². The number of aromatic nitrogens is 1. The molecule has 0 amide bonds. The van der Waals surface area contributed by atoms with Crippen LogP contribution in [0.5, 0.6) is 17.4 Å². The van der Waals surface area contributed by atoms with Gasteiger partial charge >= 0.3 is 0 Å². The Labute approximate surface area is 142 Å². The molecule has 1 aliphatic heterocycles. The number of allylic oxidation sites excluding steroid dienone is 1. The highest BCUT2D eigenvalue weighted by Crippen LogP contribution is 2.31. The van der Waals surface area contributed by atoms with Crippen molar-refractivity contribution >= 4 is 11.9 Å². The van der Waals surface area contributed by atoms with Crippen LogP contribution in [0, 0.1) is 5.92 Å². The summed E-state index contributed by atoms with van der Waals surface area (Å²) < 4.78 is 11.3. The molecule has 4 heteroatoms. The smallest absolute Gasteiger partial charge is 0.219 e. The molecule has 1 aliphatic rings. The van der Waals surface area contributed by atoms with E-state index in [4.69, 9.17) is 9.47 Å². The molecule has 0 bridgehead atoms. The largest absolute Gasteiger partial charge is 0.493 e. The second kappa shape index (κ2) is 7.30. The highest BCUT2D eigenvalue weighted by Gasteiger charge is 2.12. The maximum atomic E-state index is 11.1. The normalized spacial score (nSPS) is 14.2. The first-order valence-electron chi connectivity index (χ1n) is 8.17. The number of Topliss-reactive ketones (excluding diaryl/α,β-unsaturated/α-hetero) is 1. The fourth-order valence-corrected chi connectivity index (χ4v) is 2.68. The number of hydrogen-bond acceptors (Lipinski definition) is 4. The molecule has 1 atom stereocenters. The second-order valence-electron chi connectivity index (χ2n) is 6.14. The minimum Gasteiger partial charge on any atom is -0.493 e. The van der Waals surface area contributed by atoms with Crippen molar-refractivity contribution in [1.82, 2.24) is 4.98 Å². The number of benzene rings is 1. The van der Waals surface area contributed by atoms with E-state index in [9.17, 15) is 4.79 Å². The van der Waals surface area contributed by atoms with Gasteiger partial charge < -0.3 is 14.3 Å². The lowest BCUT2D eigenvalue weighted by molar-refractivity contribution is -0.117. The van der Waals surface area contributed by atoms with Crippen LogP contribution >= 0.6 is 0 Å². The van der Waals surface area contributed by atoms with Gasteiger partial charge in [0, 0.05) is 31.2 Å². The average Bonchev–Trinajstić information content (AvgIpc) is 3.01. The molecule has 0 fully saturated rings. The van der Waals surface area contributed by atoms with Gasteiger partial charge in [-0.25, -0.2) is 4.98 Å². The molecule has 4 nitrogen and oxygen atoms in total. The zero-order chi connectivity index (χ0) is 16.9. The summed E-state index contributed by atoms with van der Waals surface area (Å²) in [6, 6.07) is 9.66. The molecule has 0 aliphatic carbocycles. The molecule has 2 aromatic rings. The summed E-state index contributed by atoms with van der Waals surface area (Å²) in [7, 11) is 0. The molecule has 24 heavy (non-hydrogen) atoms. The number of ether oxygens (including phenoxy) is 2. The summed E-state index contributed by atoms with van der Waals surface area (Å²) in [6.07, 6.45) is 7.28. The van der Waals surface area contributed by atoms with E-state index in [0.717, 1.165) is 30.1 Å². The Balaban J connectivity index is 1.62. The van der Waals surface area contributed by atoms with Gasteiger partial charge in [-0.1, -0.05) is 25.1 Å². The number of carbonyl (C=O) groups is 1. The quantitative estimate of drug-likeness (QED) is 0.788. The van der Waals surface area contributed by atoms with E-state index in [0.29, 0.717) is 12.3 Å². The number of ketones is 1. The van der Waals surface area contributed by atoms with E-state index in [1.807, 2.05) is 49.4 Å². The number of pyridine rings is 1. The number of rotatable bonds is 6. The zero-order valence-electron chi connectivity index (χ0n) is 14.0. The fraction of sp³-hybridized carbons (Fsp3) is 0.300. The monoisotopic (exact) mass is 323 g/mol. The Morgan fingerprint density at radius 1 is 1.38 bits per heavy atom. The predicted octanol–water partition coefficient (Wildman–Crippen LogP) is 4.44. The standard InChI is InChI=1S/C20H21NO3/c1-14(11-15(2)22)3-4-16-5-8-20(21-13-16)24-18-7-6-17-9-10-23-19(17)12-18/h3-8,12-14H,9-11H2,1-2H3/b4-3+/t14-/m0/s1. The second-order valence-corrected chi connectivity index (χ2v) is 6.14. The SMILES string of the molecule is CC(=O)C[C@@H](C)/C=C/c1ccc(Oc2ccc3c(c2)OCC3)nc1. The molecule has 124 valence electrons. The van der Waals surface area contributed by atoms with Crippen molar-refractivity contribution in [2.45, 2.75) is 26.7 Å². The molecule has 0 saturated carbocycles. The summed E-state index contributed by atoms with van der Waals surface area (Å²) in [4.78, 5) is 15.4. The molecule has 3 rings (SSSR count). The van der Waals surface area contributed by atoms with Crippen molar-refractivity contribution in [3.05, 3.63) is 53.7 Å². The van der Waals surface area contributed by atoms with Gasteiger partial charge in [-0.3, -0.25) is 0 Å². The van der Waals surface area contributed by atoms with Crippen molar-refractivity contribution in [3.63, 3.8) is 0 Å². The van der Waals surface area contributed by atoms with Gasteiger partial charge in [0.1, 0.15) is 17.3 Å². The van der Waals surface area contributed by atoms with Gasteiger partial charge in [-0.05, 0) is 36.1 Å². The molecule has 0 spiro atoms. The van der Waals surface area contributed by atoms with Crippen LogP contribution in [0.4, 0.5) is 0 Å². The molecule has 1 aromatic heterocycles. The summed E-state index contributed by atoms with van der Waals surface area (Å²) in [5.41, 5.74) is 2.20. The molecular weight excluding hydrogens is 302 g/mol. The number of nitrogens with zero attached hydrogens (tertiary/aromatic N) is 1. The van der Waals surface area contributed by atoms with E-state index >= 15 is 0 Å². The topological polar surface area (TPSA) is 48.4 Å². The third-order valence-electron chi connectivity index (χ3n) is 3.88. The molecular formula is C20H21NO3. The van der Waals surface area contributed by atoms with Crippen LogP contribution in [0.3, 0.4) is 0 Å². The van der Waals surface area contributed by atoms with E-state index in [1.165, 1.54) is 5.56 Å². The highest BCUT2D eigenvalue weighted by atomic mass is 16.5. The van der Waals surface area contributed by atoms with Gasteiger partial charge in [0.25, 0.3) is 0 Å². The van der Waals surface area contributed by atoms with Gasteiger partial charge in [-0.2, -0.15) is 0 Å². The van der Waals surface area contributed by atoms with Crippen LogP contribution in [-0.2, 0) is 11.2 Å². The van der Waals surface area contributed by atoms with Crippen molar-refractivity contribution in [1.29, 1.82) is 0 Å². The third-order valence-corrected chi connectivity index (χ3v) is 3.88. The van der Waals surface area contributed by atoms with Crippen molar-refractivity contribution in [2.24, 2.45) is 5.92 Å². The van der Waals surface area contributed by atoms with Crippen LogP contribution in [-0.4, -0.2) is 17.4 Å². The predicted molar refractivity (Wildman–Crippen MR) is 93.4 cm³/mol. The minimum atomic E-state index is 0.201. The van der Waals surface area contributed by atoms with Gasteiger partial charge in [0.15, 0.2) is 0 Å². The van der Waals surface area contributed by atoms with E-state index < -0.39 is 0 Å². The van der Waals surface area contributed by atoms with Crippen molar-refractivity contribution < 1.29 is 14.3 Å². The summed E-state index contributed by atoms with van der Waals surface area (Å²) >= 11 is 0. The Hall–Kier alpha value is -2.62. The maximum absolute atomic E-state index is 11.1. The Morgan fingerprint density at radius 2 is 2.25 bits per heavy atom. The van der Waals surface area contributed by atoms with Crippen LogP contribution in [0.1, 0.15) is 31.4 Å². The first-order valence-corrected chi connectivity index (χ1v) is 8.17. The summed E-state index contributed by atoms with van der Waals surface area (Å²) in [5, 5.41) is 0. The van der Waals surface area contributed by atoms with Gasteiger partial charge in [-0.15, -0.1) is 0 Å². The van der Waals surface area contributed by atoms with Crippen molar-refractivity contribution in [2.75, 3.05) is 6.61 Å². The van der Waals surface area contributed by atoms with Crippen LogP contribution in [0.15, 0.2) is 42.6 Å². The lowest BCUT2D eigenvalue weighted by atomic mass is 10.0. The molecule has 0 radical (unpaired) electrons. The molecule has 1 aromatic carbocycles. The molecule has 0 N–H and O–H groups in total.